The monoisotopic (exact) mass is 220 g/mol. The number of hydrogen-bond acceptors (Lipinski definition) is 6. The number of carbonyl (C=O) groups is 2. The van der Waals surface area contributed by atoms with Gasteiger partial charge >= 0.3 is 20.7 Å². The average molecular weight is 220 g/mol. The Hall–Kier alpha value is -0.763. The van der Waals surface area contributed by atoms with Crippen LogP contribution in [-0.4, -0.2) is 35.1 Å². The van der Waals surface area contributed by atoms with Gasteiger partial charge in [-0.1, -0.05) is 0 Å². The lowest BCUT2D eigenvalue weighted by Crippen LogP contribution is -2.34. The number of hydrogen-bond donors (Lipinski definition) is 3. The van der Waals surface area contributed by atoms with Gasteiger partial charge in [0.15, 0.2) is 0 Å². The summed E-state index contributed by atoms with van der Waals surface area (Å²) in [4.78, 5) is 47.6. The lowest BCUT2D eigenvalue weighted by atomic mass is 10.0. The molecule has 1 heterocycles. The molecule has 14 heavy (non-hydrogen) atoms. The molecule has 0 aliphatic carbocycles. The molecular weight excluding hydrogens is 208 g/mol. The van der Waals surface area contributed by atoms with Crippen LogP contribution in [0.3, 0.4) is 0 Å². The fraction of sp³-hybridized carbons (Fsp3) is 0.714. The molecule has 1 aliphatic rings. The standard InChI is InChI=1S/C7H12O6Si/c8-6-4-5(7(9)13-6)2-1-3-14(10,11)12/h5,10-12H,1-4H2. The van der Waals surface area contributed by atoms with Crippen molar-refractivity contribution in [1.82, 2.24) is 0 Å². The van der Waals surface area contributed by atoms with Gasteiger partial charge in [0.1, 0.15) is 0 Å². The summed E-state index contributed by atoms with van der Waals surface area (Å²) in [5, 5.41) is 0. The molecule has 0 aromatic heterocycles. The number of rotatable bonds is 4. The summed E-state index contributed by atoms with van der Waals surface area (Å²) in [7, 11) is -4.01. The quantitative estimate of drug-likeness (QED) is 0.311. The first-order valence-corrected chi connectivity index (χ1v) is 6.35. The SMILES string of the molecule is O=C1CC(CCC[Si](O)(O)O)C(=O)O1. The van der Waals surface area contributed by atoms with Crippen molar-refractivity contribution in [2.45, 2.75) is 25.3 Å². The maximum atomic E-state index is 10.9. The van der Waals surface area contributed by atoms with E-state index in [1.807, 2.05) is 0 Å². The van der Waals surface area contributed by atoms with Gasteiger partial charge in [-0.05, 0) is 12.8 Å². The molecule has 1 rings (SSSR count). The molecule has 80 valence electrons. The molecule has 7 heteroatoms. The second kappa shape index (κ2) is 4.18. The van der Waals surface area contributed by atoms with Crippen LogP contribution in [0, 0.1) is 5.92 Å². The Balaban J connectivity index is 2.26. The Morgan fingerprint density at radius 1 is 1.36 bits per heavy atom. The Labute approximate surface area is 81.5 Å². The van der Waals surface area contributed by atoms with Crippen LogP contribution >= 0.6 is 0 Å². The average Bonchev–Trinajstić information content (AvgIpc) is 2.27. The van der Waals surface area contributed by atoms with E-state index in [-0.39, 0.29) is 12.5 Å². The fourth-order valence-electron chi connectivity index (χ4n) is 1.33. The third kappa shape index (κ3) is 3.54. The molecule has 1 aliphatic heterocycles. The highest BCUT2D eigenvalue weighted by atomic mass is 28.4. The van der Waals surface area contributed by atoms with E-state index in [2.05, 4.69) is 4.74 Å². The fourth-order valence-corrected chi connectivity index (χ4v) is 2.01. The van der Waals surface area contributed by atoms with Gasteiger partial charge in [-0.25, -0.2) is 0 Å². The summed E-state index contributed by atoms with van der Waals surface area (Å²) < 4.78 is 4.30. The minimum atomic E-state index is -4.01. The normalized spacial score (nSPS) is 22.6. The third-order valence-electron chi connectivity index (χ3n) is 2.03. The summed E-state index contributed by atoms with van der Waals surface area (Å²) in [5.74, 6) is -1.59. The van der Waals surface area contributed by atoms with E-state index in [1.165, 1.54) is 0 Å². The zero-order valence-corrected chi connectivity index (χ0v) is 8.47. The van der Waals surface area contributed by atoms with Crippen molar-refractivity contribution in [2.24, 2.45) is 5.92 Å². The molecular formula is C7H12O6Si. The molecule has 1 atom stereocenters. The van der Waals surface area contributed by atoms with Gasteiger partial charge in [-0.2, -0.15) is 0 Å². The smallest absolute Gasteiger partial charge is 0.393 e. The van der Waals surface area contributed by atoms with E-state index in [0.29, 0.717) is 12.8 Å². The first-order valence-electron chi connectivity index (χ1n) is 4.30. The number of ether oxygens (including phenoxy) is 1. The van der Waals surface area contributed by atoms with Crippen molar-refractivity contribution < 1.29 is 28.7 Å². The van der Waals surface area contributed by atoms with E-state index in [4.69, 9.17) is 14.4 Å². The van der Waals surface area contributed by atoms with Crippen LogP contribution in [0.15, 0.2) is 0 Å². The van der Waals surface area contributed by atoms with Gasteiger partial charge in [0.2, 0.25) is 0 Å². The van der Waals surface area contributed by atoms with Gasteiger partial charge in [0.05, 0.1) is 12.3 Å². The maximum absolute atomic E-state index is 10.9. The lowest BCUT2D eigenvalue weighted by Gasteiger charge is -2.09. The Bertz CT molecular complexity index is 245. The van der Waals surface area contributed by atoms with Gasteiger partial charge in [0.25, 0.3) is 0 Å². The van der Waals surface area contributed by atoms with Crippen molar-refractivity contribution in [3.8, 4) is 0 Å². The largest absolute Gasteiger partial charge is 0.492 e. The third-order valence-corrected chi connectivity index (χ3v) is 3.05. The molecule has 1 saturated heterocycles. The van der Waals surface area contributed by atoms with Crippen molar-refractivity contribution in [3.63, 3.8) is 0 Å². The molecule has 0 saturated carbocycles. The van der Waals surface area contributed by atoms with Crippen LogP contribution < -0.4 is 0 Å². The first-order chi connectivity index (χ1) is 6.38. The number of carbonyl (C=O) groups excluding carboxylic acids is 2. The number of esters is 2. The summed E-state index contributed by atoms with van der Waals surface area (Å²) in [6, 6.07) is -0.120. The predicted molar refractivity (Wildman–Crippen MR) is 45.7 cm³/mol. The highest BCUT2D eigenvalue weighted by Crippen LogP contribution is 2.22. The van der Waals surface area contributed by atoms with Crippen molar-refractivity contribution in [3.05, 3.63) is 0 Å². The lowest BCUT2D eigenvalue weighted by molar-refractivity contribution is -0.153. The molecule has 0 aromatic rings. The van der Waals surface area contributed by atoms with Crippen LogP contribution in [0.2, 0.25) is 6.04 Å². The van der Waals surface area contributed by atoms with E-state index in [1.54, 1.807) is 0 Å². The minimum Gasteiger partial charge on any atom is -0.393 e. The van der Waals surface area contributed by atoms with Crippen LogP contribution in [-0.2, 0) is 14.3 Å². The summed E-state index contributed by atoms with van der Waals surface area (Å²) >= 11 is 0. The topological polar surface area (TPSA) is 104 Å². The van der Waals surface area contributed by atoms with Crippen LogP contribution in [0.5, 0.6) is 0 Å². The van der Waals surface area contributed by atoms with Crippen molar-refractivity contribution in [1.29, 1.82) is 0 Å². The summed E-state index contributed by atoms with van der Waals surface area (Å²) in [5.41, 5.74) is 0. The Kier molecular flexibility index (Phi) is 3.37. The maximum Gasteiger partial charge on any atom is 0.492 e. The predicted octanol–water partition coefficient (Wildman–Crippen LogP) is -1.23. The molecule has 3 N–H and O–H groups in total. The zero-order valence-electron chi connectivity index (χ0n) is 7.47. The molecule has 1 fully saturated rings. The molecule has 6 nitrogen and oxygen atoms in total. The van der Waals surface area contributed by atoms with E-state index < -0.39 is 26.7 Å². The molecule has 1 unspecified atom stereocenters. The van der Waals surface area contributed by atoms with E-state index in [9.17, 15) is 9.59 Å². The highest BCUT2D eigenvalue weighted by molar-refractivity contribution is 6.56. The minimum absolute atomic E-state index is 0.0513. The van der Waals surface area contributed by atoms with Crippen LogP contribution in [0.1, 0.15) is 19.3 Å². The van der Waals surface area contributed by atoms with Crippen molar-refractivity contribution in [2.75, 3.05) is 0 Å². The first kappa shape index (κ1) is 11.3. The molecule has 0 aromatic carbocycles. The molecule has 0 amide bonds. The highest BCUT2D eigenvalue weighted by Gasteiger charge is 2.34. The van der Waals surface area contributed by atoms with Gasteiger partial charge in [0, 0.05) is 6.04 Å². The molecule has 0 radical (unpaired) electrons. The van der Waals surface area contributed by atoms with Gasteiger partial charge in [-0.15, -0.1) is 0 Å². The molecule has 0 bridgehead atoms. The second-order valence-electron chi connectivity index (χ2n) is 3.36. The Morgan fingerprint density at radius 2 is 2.00 bits per heavy atom. The summed E-state index contributed by atoms with van der Waals surface area (Å²) in [6.45, 7) is 0. The zero-order chi connectivity index (χ0) is 10.8. The molecule has 0 spiro atoms. The second-order valence-corrected chi connectivity index (χ2v) is 5.41. The summed E-state index contributed by atoms with van der Waals surface area (Å²) in [6.07, 6.45) is 0.680. The van der Waals surface area contributed by atoms with E-state index in [0.717, 1.165) is 0 Å². The van der Waals surface area contributed by atoms with Crippen LogP contribution in [0.25, 0.3) is 0 Å². The van der Waals surface area contributed by atoms with Gasteiger partial charge < -0.3 is 19.1 Å². The van der Waals surface area contributed by atoms with E-state index >= 15 is 0 Å². The van der Waals surface area contributed by atoms with Crippen molar-refractivity contribution >= 4 is 20.7 Å². The van der Waals surface area contributed by atoms with Crippen LogP contribution in [0.4, 0.5) is 0 Å². The van der Waals surface area contributed by atoms with Gasteiger partial charge in [-0.3, -0.25) is 9.59 Å². The number of cyclic esters (lactones) is 2. The Morgan fingerprint density at radius 3 is 2.43 bits per heavy atom.